The molecule has 1 aliphatic rings. The number of para-hydroxylation sites is 2. The van der Waals surface area contributed by atoms with Crippen molar-refractivity contribution in [3.05, 3.63) is 24.3 Å². The van der Waals surface area contributed by atoms with Crippen LogP contribution in [-0.4, -0.2) is 79.2 Å². The monoisotopic (exact) mass is 435 g/mol. The Kier molecular flexibility index (Phi) is 8.96. The van der Waals surface area contributed by atoms with Crippen molar-refractivity contribution in [3.63, 3.8) is 0 Å². The lowest BCUT2D eigenvalue weighted by molar-refractivity contribution is -0.140. The smallest absolute Gasteiger partial charge is 0.407 e. The third kappa shape index (κ3) is 8.35. The zero-order valence-corrected chi connectivity index (χ0v) is 18.8. The second-order valence-electron chi connectivity index (χ2n) is 8.11. The van der Waals surface area contributed by atoms with Gasteiger partial charge in [0.15, 0.2) is 18.1 Å². The highest BCUT2D eigenvalue weighted by Crippen LogP contribution is 2.26. The molecular weight excluding hydrogens is 402 g/mol. The quantitative estimate of drug-likeness (QED) is 0.671. The van der Waals surface area contributed by atoms with Crippen LogP contribution in [0.15, 0.2) is 24.3 Å². The number of nitrogens with zero attached hydrogens (tertiary/aromatic N) is 2. The zero-order chi connectivity index (χ0) is 22.9. The maximum atomic E-state index is 12.5. The summed E-state index contributed by atoms with van der Waals surface area (Å²) in [6.07, 6.45) is -0.355. The lowest BCUT2D eigenvalue weighted by Crippen LogP contribution is -2.52. The van der Waals surface area contributed by atoms with Crippen molar-refractivity contribution in [2.45, 2.75) is 39.7 Å². The fourth-order valence-corrected chi connectivity index (χ4v) is 3.02. The fourth-order valence-electron chi connectivity index (χ4n) is 3.02. The van der Waals surface area contributed by atoms with Gasteiger partial charge in [-0.25, -0.2) is 4.79 Å². The van der Waals surface area contributed by atoms with Gasteiger partial charge in [-0.05, 0) is 39.8 Å². The van der Waals surface area contributed by atoms with Gasteiger partial charge in [-0.2, -0.15) is 0 Å². The van der Waals surface area contributed by atoms with Gasteiger partial charge < -0.3 is 29.3 Å². The van der Waals surface area contributed by atoms with Crippen LogP contribution in [0.25, 0.3) is 0 Å². The number of alkyl carbamates (subject to hydrolysis) is 1. The van der Waals surface area contributed by atoms with E-state index in [4.69, 9.17) is 14.2 Å². The average molecular weight is 436 g/mol. The molecule has 9 nitrogen and oxygen atoms in total. The van der Waals surface area contributed by atoms with Crippen molar-refractivity contribution in [3.8, 4) is 11.5 Å². The van der Waals surface area contributed by atoms with Gasteiger partial charge in [0.25, 0.3) is 5.91 Å². The predicted molar refractivity (Wildman–Crippen MR) is 115 cm³/mol. The minimum absolute atomic E-state index is 0.0648. The predicted octanol–water partition coefficient (Wildman–Crippen LogP) is 2.05. The minimum Gasteiger partial charge on any atom is -0.490 e. The van der Waals surface area contributed by atoms with Gasteiger partial charge in [0.05, 0.1) is 6.61 Å². The first-order chi connectivity index (χ1) is 14.7. The van der Waals surface area contributed by atoms with Gasteiger partial charge >= 0.3 is 6.09 Å². The molecule has 0 spiro atoms. The highest BCUT2D eigenvalue weighted by molar-refractivity contribution is 5.80. The van der Waals surface area contributed by atoms with Crippen molar-refractivity contribution >= 4 is 17.9 Å². The number of nitrogens with one attached hydrogen (secondary N) is 1. The maximum absolute atomic E-state index is 12.5. The van der Waals surface area contributed by atoms with E-state index in [2.05, 4.69) is 5.32 Å². The van der Waals surface area contributed by atoms with Gasteiger partial charge in [-0.15, -0.1) is 0 Å². The Hall–Kier alpha value is -2.97. The van der Waals surface area contributed by atoms with Crippen LogP contribution in [0.2, 0.25) is 0 Å². The van der Waals surface area contributed by atoms with E-state index in [1.54, 1.807) is 42.7 Å². The standard InChI is InChI=1S/C22H33N3O6/c1-5-29-17-8-6-7-9-18(17)30-16-20(27)25-14-12-24(13-15-25)19(26)10-11-23-21(28)31-22(2,3)4/h6-9H,5,10-16H2,1-4H3,(H,23,28). The Balaban J connectivity index is 1.70. The average Bonchev–Trinajstić information content (AvgIpc) is 2.72. The van der Waals surface area contributed by atoms with Gasteiger partial charge in [-0.1, -0.05) is 12.1 Å². The molecule has 1 fully saturated rings. The van der Waals surface area contributed by atoms with Crippen LogP contribution in [0.1, 0.15) is 34.1 Å². The lowest BCUT2D eigenvalue weighted by Gasteiger charge is -2.34. The van der Waals surface area contributed by atoms with E-state index >= 15 is 0 Å². The van der Waals surface area contributed by atoms with E-state index in [1.807, 2.05) is 19.1 Å². The zero-order valence-electron chi connectivity index (χ0n) is 18.8. The Morgan fingerprint density at radius 3 is 2.03 bits per heavy atom. The first-order valence-electron chi connectivity index (χ1n) is 10.6. The van der Waals surface area contributed by atoms with E-state index in [0.717, 1.165) is 0 Å². The van der Waals surface area contributed by atoms with Crippen molar-refractivity contribution in [1.29, 1.82) is 0 Å². The molecule has 0 atom stereocenters. The Morgan fingerprint density at radius 1 is 0.935 bits per heavy atom. The summed E-state index contributed by atoms with van der Waals surface area (Å²) in [5, 5.41) is 2.58. The normalized spacial score (nSPS) is 14.1. The molecule has 0 bridgehead atoms. The lowest BCUT2D eigenvalue weighted by atomic mass is 10.2. The molecule has 1 aliphatic heterocycles. The van der Waals surface area contributed by atoms with E-state index in [0.29, 0.717) is 44.3 Å². The Morgan fingerprint density at radius 2 is 1.48 bits per heavy atom. The van der Waals surface area contributed by atoms with Gasteiger partial charge in [0, 0.05) is 39.1 Å². The topological polar surface area (TPSA) is 97.4 Å². The van der Waals surface area contributed by atoms with Crippen LogP contribution in [0.4, 0.5) is 4.79 Å². The van der Waals surface area contributed by atoms with Crippen molar-refractivity contribution in [1.82, 2.24) is 15.1 Å². The highest BCUT2D eigenvalue weighted by Gasteiger charge is 2.24. The molecule has 172 valence electrons. The molecule has 0 saturated carbocycles. The largest absolute Gasteiger partial charge is 0.490 e. The first kappa shape index (κ1) is 24.3. The van der Waals surface area contributed by atoms with Gasteiger partial charge in [0.1, 0.15) is 5.60 Å². The number of carbonyl (C=O) groups excluding carboxylic acids is 3. The number of ether oxygens (including phenoxy) is 3. The van der Waals surface area contributed by atoms with Crippen molar-refractivity contribution in [2.75, 3.05) is 45.9 Å². The van der Waals surface area contributed by atoms with Crippen LogP contribution in [-0.2, 0) is 14.3 Å². The van der Waals surface area contributed by atoms with E-state index in [1.165, 1.54) is 0 Å². The van der Waals surface area contributed by atoms with Crippen molar-refractivity contribution < 1.29 is 28.6 Å². The summed E-state index contributed by atoms with van der Waals surface area (Å²) < 4.78 is 16.3. The fraction of sp³-hybridized carbons (Fsp3) is 0.591. The molecule has 0 aliphatic carbocycles. The molecule has 1 N–H and O–H groups in total. The van der Waals surface area contributed by atoms with E-state index in [9.17, 15) is 14.4 Å². The molecule has 0 aromatic heterocycles. The van der Waals surface area contributed by atoms with Crippen LogP contribution in [0, 0.1) is 0 Å². The molecule has 1 aromatic carbocycles. The first-order valence-corrected chi connectivity index (χ1v) is 10.6. The molecule has 1 saturated heterocycles. The molecule has 2 rings (SSSR count). The Labute approximate surface area is 183 Å². The molecule has 9 heteroatoms. The molecule has 0 radical (unpaired) electrons. The molecule has 1 aromatic rings. The molecule has 0 unspecified atom stereocenters. The molecule has 1 heterocycles. The molecule has 3 amide bonds. The summed E-state index contributed by atoms with van der Waals surface area (Å²) in [4.78, 5) is 39.8. The molecule has 31 heavy (non-hydrogen) atoms. The van der Waals surface area contributed by atoms with Gasteiger partial charge in [0.2, 0.25) is 5.91 Å². The highest BCUT2D eigenvalue weighted by atomic mass is 16.6. The van der Waals surface area contributed by atoms with Crippen LogP contribution >= 0.6 is 0 Å². The van der Waals surface area contributed by atoms with Crippen molar-refractivity contribution in [2.24, 2.45) is 0 Å². The second-order valence-corrected chi connectivity index (χ2v) is 8.11. The number of benzene rings is 1. The Bertz CT molecular complexity index is 754. The maximum Gasteiger partial charge on any atom is 0.407 e. The summed E-state index contributed by atoms with van der Waals surface area (Å²) in [7, 11) is 0. The number of carbonyl (C=O) groups is 3. The third-order valence-corrected chi connectivity index (χ3v) is 4.49. The second kappa shape index (κ2) is 11.4. The number of hydrogen-bond acceptors (Lipinski definition) is 6. The summed E-state index contributed by atoms with van der Waals surface area (Å²) in [6, 6.07) is 7.23. The van der Waals surface area contributed by atoms with Crippen LogP contribution in [0.5, 0.6) is 11.5 Å². The summed E-state index contributed by atoms with van der Waals surface area (Å²) in [5.74, 6) is 0.937. The summed E-state index contributed by atoms with van der Waals surface area (Å²) in [6.45, 7) is 9.65. The number of amides is 3. The van der Waals surface area contributed by atoms with Gasteiger partial charge in [-0.3, -0.25) is 9.59 Å². The SMILES string of the molecule is CCOc1ccccc1OCC(=O)N1CCN(C(=O)CCNC(=O)OC(C)(C)C)CC1. The third-order valence-electron chi connectivity index (χ3n) is 4.49. The van der Waals surface area contributed by atoms with Crippen LogP contribution in [0.3, 0.4) is 0 Å². The number of piperazine rings is 1. The van der Waals surface area contributed by atoms with E-state index < -0.39 is 11.7 Å². The molecular formula is C22H33N3O6. The minimum atomic E-state index is -0.578. The van der Waals surface area contributed by atoms with E-state index in [-0.39, 0.29) is 31.4 Å². The number of rotatable bonds is 8. The summed E-state index contributed by atoms with van der Waals surface area (Å²) >= 11 is 0. The number of hydrogen-bond donors (Lipinski definition) is 1. The van der Waals surface area contributed by atoms with Crippen LogP contribution < -0.4 is 14.8 Å². The summed E-state index contributed by atoms with van der Waals surface area (Å²) in [5.41, 5.74) is -0.578.